The lowest BCUT2D eigenvalue weighted by molar-refractivity contribution is -0.207. The van der Waals surface area contributed by atoms with Crippen LogP contribution in [0.25, 0.3) is 0 Å². The summed E-state index contributed by atoms with van der Waals surface area (Å²) in [7, 11) is 0. The zero-order chi connectivity index (χ0) is 26.2. The summed E-state index contributed by atoms with van der Waals surface area (Å²) in [6.45, 7) is -0.525. The summed E-state index contributed by atoms with van der Waals surface area (Å²) >= 11 is 1.21. The molecule has 0 aliphatic carbocycles. The Morgan fingerprint density at radius 3 is 1.43 bits per heavy atom. The van der Waals surface area contributed by atoms with Crippen molar-refractivity contribution in [2.45, 2.75) is 29.9 Å². The molecule has 3 aromatic carbocycles. The Morgan fingerprint density at radius 1 is 0.676 bits per heavy atom. The van der Waals surface area contributed by atoms with Crippen molar-refractivity contribution < 1.29 is 38.4 Å². The molecule has 0 amide bonds. The summed E-state index contributed by atoms with van der Waals surface area (Å²) in [6.07, 6.45) is -2.98. The predicted molar refractivity (Wildman–Crippen MR) is 136 cm³/mol. The maximum atomic E-state index is 13.1. The molecule has 0 spiro atoms. The molecule has 1 N–H and O–H groups in total. The number of carbonyl (C=O) groups is 3. The molecule has 8 nitrogen and oxygen atoms in total. The van der Waals surface area contributed by atoms with Crippen LogP contribution >= 0.6 is 11.8 Å². The molecule has 4 rings (SSSR count). The van der Waals surface area contributed by atoms with Crippen LogP contribution in [0.1, 0.15) is 31.1 Å². The second kappa shape index (κ2) is 12.5. The first-order chi connectivity index (χ1) is 18.0. The summed E-state index contributed by atoms with van der Waals surface area (Å²) in [4.78, 5) is 39.0. The maximum absolute atomic E-state index is 13.1. The summed E-state index contributed by atoms with van der Waals surface area (Å²) in [5.41, 5.74) is -0.00340. The molecule has 5 atom stereocenters. The molecular formula is C28H26O8S. The lowest BCUT2D eigenvalue weighted by Gasteiger charge is -2.44. The van der Waals surface area contributed by atoms with Crippen LogP contribution in [0.3, 0.4) is 0 Å². The van der Waals surface area contributed by atoms with Crippen LogP contribution in [-0.2, 0) is 18.9 Å². The van der Waals surface area contributed by atoms with Crippen LogP contribution in [0.2, 0.25) is 0 Å². The topological polar surface area (TPSA) is 108 Å². The quantitative estimate of drug-likeness (QED) is 0.350. The van der Waals surface area contributed by atoms with E-state index in [1.807, 2.05) is 0 Å². The van der Waals surface area contributed by atoms with Crippen LogP contribution < -0.4 is 0 Å². The summed E-state index contributed by atoms with van der Waals surface area (Å²) in [5, 5.41) is 10.1. The lowest BCUT2D eigenvalue weighted by atomic mass is 9.98. The number of thioether (sulfide) groups is 1. The smallest absolute Gasteiger partial charge is 0.338 e. The van der Waals surface area contributed by atoms with Gasteiger partial charge in [0, 0.05) is 0 Å². The molecule has 9 heteroatoms. The predicted octanol–water partition coefficient (Wildman–Crippen LogP) is 3.74. The molecular weight excluding hydrogens is 496 g/mol. The minimum Gasteiger partial charge on any atom is -0.452 e. The Kier molecular flexibility index (Phi) is 8.95. The fourth-order valence-electron chi connectivity index (χ4n) is 3.91. The highest BCUT2D eigenvalue weighted by Crippen LogP contribution is 2.34. The average Bonchev–Trinajstić information content (AvgIpc) is 2.95. The minimum absolute atomic E-state index is 0.261. The molecule has 1 heterocycles. The largest absolute Gasteiger partial charge is 0.452 e. The third kappa shape index (κ3) is 6.37. The first-order valence-electron chi connectivity index (χ1n) is 11.6. The van der Waals surface area contributed by atoms with Crippen molar-refractivity contribution in [1.82, 2.24) is 0 Å². The standard InChI is InChI=1S/C28H26O8S/c1-37-28-24(36-27(32)20-15-9-4-10-16-20)23(35-26(31)19-13-7-3-8-14-19)22(21(17-29)33-28)34-25(30)18-11-5-2-6-12-18/h2-16,21-24,28-29H,17H2,1H3/t21-,22-,23+,24-,28-/m1/s1. The van der Waals surface area contributed by atoms with Crippen LogP contribution in [0, 0.1) is 0 Å². The normalized spacial score (nSPS) is 23.0. The molecule has 192 valence electrons. The van der Waals surface area contributed by atoms with Crippen molar-refractivity contribution in [3.8, 4) is 0 Å². The zero-order valence-electron chi connectivity index (χ0n) is 20.0. The van der Waals surface area contributed by atoms with Gasteiger partial charge in [-0.05, 0) is 42.7 Å². The fourth-order valence-corrected chi connectivity index (χ4v) is 4.65. The molecule has 1 fully saturated rings. The second-order valence-corrected chi connectivity index (χ2v) is 9.11. The van der Waals surface area contributed by atoms with E-state index in [0.29, 0.717) is 0 Å². The molecule has 1 aliphatic heterocycles. The zero-order valence-corrected chi connectivity index (χ0v) is 20.8. The van der Waals surface area contributed by atoms with E-state index in [-0.39, 0.29) is 16.7 Å². The lowest BCUT2D eigenvalue weighted by Crippen LogP contribution is -2.61. The summed E-state index contributed by atoms with van der Waals surface area (Å²) in [5.74, 6) is -2.07. The van der Waals surface area contributed by atoms with Gasteiger partial charge < -0.3 is 24.1 Å². The minimum atomic E-state index is -1.27. The van der Waals surface area contributed by atoms with Gasteiger partial charge in [-0.3, -0.25) is 0 Å². The summed E-state index contributed by atoms with van der Waals surface area (Å²) < 4.78 is 23.4. The van der Waals surface area contributed by atoms with E-state index in [0.717, 1.165) is 0 Å². The highest BCUT2D eigenvalue weighted by Gasteiger charge is 2.52. The van der Waals surface area contributed by atoms with Crippen molar-refractivity contribution in [2.75, 3.05) is 12.9 Å². The van der Waals surface area contributed by atoms with Crippen molar-refractivity contribution in [3.63, 3.8) is 0 Å². The number of aliphatic hydroxyl groups is 1. The van der Waals surface area contributed by atoms with E-state index in [2.05, 4.69) is 0 Å². The Hall–Kier alpha value is -3.66. The van der Waals surface area contributed by atoms with Crippen LogP contribution in [-0.4, -0.2) is 65.7 Å². The number of benzene rings is 3. The Bertz CT molecular complexity index is 1120. The molecule has 0 bridgehead atoms. The van der Waals surface area contributed by atoms with E-state index in [9.17, 15) is 19.5 Å². The molecule has 37 heavy (non-hydrogen) atoms. The average molecular weight is 523 g/mol. The van der Waals surface area contributed by atoms with Gasteiger partial charge in [-0.15, -0.1) is 11.8 Å². The number of aliphatic hydroxyl groups excluding tert-OH is 1. The molecule has 1 aliphatic rings. The molecule has 0 unspecified atom stereocenters. The molecule has 0 aromatic heterocycles. The number of ether oxygens (including phenoxy) is 4. The van der Waals surface area contributed by atoms with Crippen molar-refractivity contribution in [2.24, 2.45) is 0 Å². The highest BCUT2D eigenvalue weighted by atomic mass is 32.2. The third-order valence-electron chi connectivity index (χ3n) is 5.76. The molecule has 0 saturated carbocycles. The van der Waals surface area contributed by atoms with Gasteiger partial charge in [0.1, 0.15) is 11.5 Å². The van der Waals surface area contributed by atoms with Crippen molar-refractivity contribution >= 4 is 29.7 Å². The number of hydrogen-bond acceptors (Lipinski definition) is 9. The highest BCUT2D eigenvalue weighted by molar-refractivity contribution is 7.99. The van der Waals surface area contributed by atoms with Gasteiger partial charge >= 0.3 is 17.9 Å². The number of hydrogen-bond donors (Lipinski definition) is 1. The molecule has 3 aromatic rings. The van der Waals surface area contributed by atoms with E-state index < -0.39 is 54.4 Å². The first kappa shape index (κ1) is 26.4. The fraction of sp³-hybridized carbons (Fsp3) is 0.250. The first-order valence-corrected chi connectivity index (χ1v) is 12.9. The van der Waals surface area contributed by atoms with E-state index in [1.54, 1.807) is 97.3 Å². The van der Waals surface area contributed by atoms with Gasteiger partial charge in [0.25, 0.3) is 0 Å². The number of esters is 3. The third-order valence-corrected chi connectivity index (χ3v) is 6.61. The van der Waals surface area contributed by atoms with Crippen molar-refractivity contribution in [1.29, 1.82) is 0 Å². The van der Waals surface area contributed by atoms with Crippen LogP contribution in [0.15, 0.2) is 91.0 Å². The van der Waals surface area contributed by atoms with E-state index >= 15 is 0 Å². The van der Waals surface area contributed by atoms with Gasteiger partial charge in [0.2, 0.25) is 0 Å². The maximum Gasteiger partial charge on any atom is 0.338 e. The van der Waals surface area contributed by atoms with Gasteiger partial charge in [0.05, 0.1) is 23.3 Å². The Balaban J connectivity index is 1.69. The van der Waals surface area contributed by atoms with Crippen LogP contribution in [0.5, 0.6) is 0 Å². The molecule has 0 radical (unpaired) electrons. The van der Waals surface area contributed by atoms with Gasteiger partial charge in [-0.25, -0.2) is 14.4 Å². The number of carbonyl (C=O) groups excluding carboxylic acids is 3. The van der Waals surface area contributed by atoms with E-state index in [1.165, 1.54) is 11.8 Å². The second-order valence-electron chi connectivity index (χ2n) is 8.17. The molecule has 1 saturated heterocycles. The SMILES string of the molecule is CS[C@H]1O[C@H](CO)[C@@H](OC(=O)c2ccccc2)[C@H](OC(=O)c2ccccc2)[C@H]1OC(=O)c1ccccc1. The monoisotopic (exact) mass is 522 g/mol. The van der Waals surface area contributed by atoms with Gasteiger partial charge in [-0.2, -0.15) is 0 Å². The Labute approximate surface area is 218 Å². The van der Waals surface area contributed by atoms with Gasteiger partial charge in [-0.1, -0.05) is 54.6 Å². The number of rotatable bonds is 8. The van der Waals surface area contributed by atoms with Gasteiger partial charge in [0.15, 0.2) is 18.3 Å². The van der Waals surface area contributed by atoms with Crippen molar-refractivity contribution in [3.05, 3.63) is 108 Å². The summed E-state index contributed by atoms with van der Waals surface area (Å²) in [6, 6.07) is 24.9. The van der Waals surface area contributed by atoms with E-state index in [4.69, 9.17) is 18.9 Å². The van der Waals surface area contributed by atoms with Crippen LogP contribution in [0.4, 0.5) is 0 Å². The Morgan fingerprint density at radius 2 is 1.05 bits per heavy atom.